The number of rotatable bonds is 2. The van der Waals surface area contributed by atoms with Crippen molar-refractivity contribution in [3.8, 4) is 11.3 Å². The van der Waals surface area contributed by atoms with Crippen LogP contribution in [0.1, 0.15) is 11.3 Å². The first-order valence-electron chi connectivity index (χ1n) is 6.02. The second-order valence-electron chi connectivity index (χ2n) is 4.42. The van der Waals surface area contributed by atoms with Crippen molar-refractivity contribution in [3.05, 3.63) is 59.9 Å². The Hall–Kier alpha value is -2.13. The van der Waals surface area contributed by atoms with Crippen molar-refractivity contribution in [1.82, 2.24) is 9.38 Å². The summed E-state index contributed by atoms with van der Waals surface area (Å²) in [6.07, 6.45) is 2.07. The van der Waals surface area contributed by atoms with E-state index in [1.807, 2.05) is 24.3 Å². The Labute approximate surface area is 106 Å². The van der Waals surface area contributed by atoms with E-state index < -0.39 is 0 Å². The maximum atomic E-state index is 5.60. The molecule has 18 heavy (non-hydrogen) atoms. The molecule has 0 unspecified atom stereocenters. The van der Waals surface area contributed by atoms with Gasteiger partial charge in [-0.3, -0.25) is 0 Å². The molecule has 3 heteroatoms. The van der Waals surface area contributed by atoms with Crippen molar-refractivity contribution in [1.29, 1.82) is 0 Å². The van der Waals surface area contributed by atoms with Gasteiger partial charge in [0.2, 0.25) is 0 Å². The van der Waals surface area contributed by atoms with Gasteiger partial charge in [-0.2, -0.15) is 0 Å². The molecule has 0 amide bonds. The number of aromatic nitrogens is 2. The zero-order valence-electron chi connectivity index (χ0n) is 10.3. The first-order valence-corrected chi connectivity index (χ1v) is 6.02. The smallest absolute Gasteiger partial charge is 0.137 e. The van der Waals surface area contributed by atoms with Gasteiger partial charge in [0.05, 0.1) is 5.69 Å². The summed E-state index contributed by atoms with van der Waals surface area (Å²) in [7, 11) is 0. The SMILES string of the molecule is Cc1cccc2nc(-c3ccc(CN)cc3)cn12. The van der Waals surface area contributed by atoms with Gasteiger partial charge in [0.1, 0.15) is 5.65 Å². The number of aryl methyl sites for hydroxylation is 1. The Balaban J connectivity index is 2.10. The molecule has 3 rings (SSSR count). The first kappa shape index (κ1) is 11.0. The van der Waals surface area contributed by atoms with Crippen LogP contribution < -0.4 is 5.73 Å². The first-order chi connectivity index (χ1) is 8.78. The number of benzene rings is 1. The van der Waals surface area contributed by atoms with Crippen LogP contribution in [0.2, 0.25) is 0 Å². The third-order valence-corrected chi connectivity index (χ3v) is 3.18. The third kappa shape index (κ3) is 1.79. The van der Waals surface area contributed by atoms with Crippen molar-refractivity contribution in [3.63, 3.8) is 0 Å². The molecule has 0 aliphatic rings. The van der Waals surface area contributed by atoms with Crippen LogP contribution in [-0.4, -0.2) is 9.38 Å². The molecular formula is C15H15N3. The van der Waals surface area contributed by atoms with E-state index in [-0.39, 0.29) is 0 Å². The molecule has 0 atom stereocenters. The summed E-state index contributed by atoms with van der Waals surface area (Å²) in [5, 5.41) is 0. The number of nitrogens with two attached hydrogens (primary N) is 1. The van der Waals surface area contributed by atoms with Gasteiger partial charge < -0.3 is 10.1 Å². The van der Waals surface area contributed by atoms with E-state index in [2.05, 4.69) is 40.7 Å². The second kappa shape index (κ2) is 4.27. The summed E-state index contributed by atoms with van der Waals surface area (Å²) >= 11 is 0. The van der Waals surface area contributed by atoms with Crippen LogP contribution in [0.3, 0.4) is 0 Å². The fourth-order valence-corrected chi connectivity index (χ4v) is 2.10. The molecule has 3 nitrogen and oxygen atoms in total. The van der Waals surface area contributed by atoms with E-state index in [4.69, 9.17) is 5.73 Å². The topological polar surface area (TPSA) is 43.3 Å². The Morgan fingerprint density at radius 1 is 1.11 bits per heavy atom. The molecule has 0 saturated heterocycles. The van der Waals surface area contributed by atoms with Crippen LogP contribution in [0.5, 0.6) is 0 Å². The van der Waals surface area contributed by atoms with E-state index in [9.17, 15) is 0 Å². The van der Waals surface area contributed by atoms with Crippen molar-refractivity contribution in [2.45, 2.75) is 13.5 Å². The van der Waals surface area contributed by atoms with Crippen LogP contribution in [0, 0.1) is 6.92 Å². The molecule has 2 N–H and O–H groups in total. The lowest BCUT2D eigenvalue weighted by atomic mass is 10.1. The molecule has 3 aromatic rings. The zero-order valence-corrected chi connectivity index (χ0v) is 10.3. The third-order valence-electron chi connectivity index (χ3n) is 3.18. The van der Waals surface area contributed by atoms with Crippen LogP contribution in [0.25, 0.3) is 16.9 Å². The molecule has 0 aliphatic carbocycles. The predicted octanol–water partition coefficient (Wildman–Crippen LogP) is 2.77. The normalized spacial score (nSPS) is 11.0. The van der Waals surface area contributed by atoms with Crippen molar-refractivity contribution in [2.75, 3.05) is 0 Å². The average Bonchev–Trinajstić information content (AvgIpc) is 2.84. The average molecular weight is 237 g/mol. The largest absolute Gasteiger partial charge is 0.326 e. The number of pyridine rings is 1. The number of hydrogen-bond acceptors (Lipinski definition) is 2. The highest BCUT2D eigenvalue weighted by molar-refractivity contribution is 5.63. The maximum Gasteiger partial charge on any atom is 0.137 e. The summed E-state index contributed by atoms with van der Waals surface area (Å²) in [4.78, 5) is 4.63. The van der Waals surface area contributed by atoms with E-state index in [1.165, 1.54) is 5.69 Å². The molecule has 0 saturated carbocycles. The highest BCUT2D eigenvalue weighted by Gasteiger charge is 2.05. The second-order valence-corrected chi connectivity index (χ2v) is 4.42. The molecule has 0 radical (unpaired) electrons. The highest BCUT2D eigenvalue weighted by Crippen LogP contribution is 2.20. The maximum absolute atomic E-state index is 5.60. The summed E-state index contributed by atoms with van der Waals surface area (Å²) in [5.41, 5.74) is 11.0. The Morgan fingerprint density at radius 2 is 1.89 bits per heavy atom. The fourth-order valence-electron chi connectivity index (χ4n) is 2.10. The molecule has 1 aromatic carbocycles. The fraction of sp³-hybridized carbons (Fsp3) is 0.133. The summed E-state index contributed by atoms with van der Waals surface area (Å²) < 4.78 is 2.10. The Kier molecular flexibility index (Phi) is 2.61. The summed E-state index contributed by atoms with van der Waals surface area (Å²) in [5.74, 6) is 0. The number of hydrogen-bond donors (Lipinski definition) is 1. The van der Waals surface area contributed by atoms with Gasteiger partial charge in [-0.15, -0.1) is 0 Å². The lowest BCUT2D eigenvalue weighted by Gasteiger charge is -1.98. The summed E-state index contributed by atoms with van der Waals surface area (Å²) in [6.45, 7) is 2.65. The number of nitrogens with zero attached hydrogens (tertiary/aromatic N) is 2. The minimum Gasteiger partial charge on any atom is -0.326 e. The minimum atomic E-state index is 0.574. The lowest BCUT2D eigenvalue weighted by molar-refractivity contribution is 1.07. The van der Waals surface area contributed by atoms with Gasteiger partial charge in [-0.1, -0.05) is 30.3 Å². The van der Waals surface area contributed by atoms with Gasteiger partial charge in [0.15, 0.2) is 0 Å². The van der Waals surface area contributed by atoms with Crippen molar-refractivity contribution < 1.29 is 0 Å². The van der Waals surface area contributed by atoms with Gasteiger partial charge in [0, 0.05) is 24.0 Å². The van der Waals surface area contributed by atoms with E-state index in [0.717, 1.165) is 22.5 Å². The van der Waals surface area contributed by atoms with Crippen LogP contribution in [0.4, 0.5) is 0 Å². The van der Waals surface area contributed by atoms with Gasteiger partial charge >= 0.3 is 0 Å². The standard InChI is InChI=1S/C15H15N3/c1-11-3-2-4-15-17-14(10-18(11)15)13-7-5-12(9-16)6-8-13/h2-8,10H,9,16H2,1H3. The minimum absolute atomic E-state index is 0.574. The van der Waals surface area contributed by atoms with Gasteiger partial charge in [0.25, 0.3) is 0 Å². The Bertz CT molecular complexity index is 681. The highest BCUT2D eigenvalue weighted by atomic mass is 15.0. The molecule has 90 valence electrons. The Morgan fingerprint density at radius 3 is 2.56 bits per heavy atom. The molecule has 2 aromatic heterocycles. The van der Waals surface area contributed by atoms with E-state index >= 15 is 0 Å². The quantitative estimate of drug-likeness (QED) is 0.744. The van der Waals surface area contributed by atoms with Gasteiger partial charge in [-0.25, -0.2) is 4.98 Å². The molecule has 0 aliphatic heterocycles. The lowest BCUT2D eigenvalue weighted by Crippen LogP contribution is -1.95. The molecule has 0 bridgehead atoms. The van der Waals surface area contributed by atoms with Gasteiger partial charge in [-0.05, 0) is 24.6 Å². The molecule has 0 fully saturated rings. The van der Waals surface area contributed by atoms with Crippen molar-refractivity contribution in [2.24, 2.45) is 5.73 Å². The zero-order chi connectivity index (χ0) is 12.5. The van der Waals surface area contributed by atoms with Crippen LogP contribution in [-0.2, 0) is 6.54 Å². The van der Waals surface area contributed by atoms with E-state index in [0.29, 0.717) is 6.54 Å². The summed E-state index contributed by atoms with van der Waals surface area (Å²) in [6, 6.07) is 14.4. The molecule has 2 heterocycles. The van der Waals surface area contributed by atoms with Crippen molar-refractivity contribution >= 4 is 5.65 Å². The number of fused-ring (bicyclic) bond motifs is 1. The molecule has 0 spiro atoms. The van der Waals surface area contributed by atoms with Crippen LogP contribution in [0.15, 0.2) is 48.7 Å². The monoisotopic (exact) mass is 237 g/mol. The van der Waals surface area contributed by atoms with Crippen LogP contribution >= 0.6 is 0 Å². The number of imidazole rings is 1. The molecular weight excluding hydrogens is 222 g/mol. The van der Waals surface area contributed by atoms with E-state index in [1.54, 1.807) is 0 Å². The predicted molar refractivity (Wildman–Crippen MR) is 73.3 cm³/mol.